The summed E-state index contributed by atoms with van der Waals surface area (Å²) < 4.78 is 10.0. The zero-order valence-electron chi connectivity index (χ0n) is 13.5. The maximum atomic E-state index is 12.3. The third kappa shape index (κ3) is 3.46. The molecule has 2 aromatic heterocycles. The van der Waals surface area contributed by atoms with E-state index in [4.69, 9.17) is 9.26 Å². The van der Waals surface area contributed by atoms with Gasteiger partial charge >= 0.3 is 0 Å². The summed E-state index contributed by atoms with van der Waals surface area (Å²) in [6.45, 7) is 2.56. The van der Waals surface area contributed by atoms with Crippen molar-refractivity contribution in [1.29, 1.82) is 0 Å². The minimum absolute atomic E-state index is 0.245. The molecule has 0 aliphatic carbocycles. The van der Waals surface area contributed by atoms with Crippen LogP contribution in [0.3, 0.4) is 0 Å². The first-order chi connectivity index (χ1) is 11.6. The Hall–Kier alpha value is -2.68. The van der Waals surface area contributed by atoms with Crippen molar-refractivity contribution in [3.05, 3.63) is 29.8 Å². The Bertz CT molecular complexity index is 719. The van der Waals surface area contributed by atoms with Crippen molar-refractivity contribution in [1.82, 2.24) is 20.4 Å². The van der Waals surface area contributed by atoms with Crippen LogP contribution in [-0.4, -0.2) is 58.5 Å². The number of aromatic nitrogens is 3. The van der Waals surface area contributed by atoms with E-state index in [-0.39, 0.29) is 11.9 Å². The Balaban J connectivity index is 1.71. The van der Waals surface area contributed by atoms with Gasteiger partial charge in [0.05, 0.1) is 19.4 Å². The van der Waals surface area contributed by atoms with Gasteiger partial charge < -0.3 is 24.6 Å². The van der Waals surface area contributed by atoms with Crippen LogP contribution in [0.2, 0.25) is 0 Å². The molecule has 24 heavy (non-hydrogen) atoms. The first-order valence-corrected chi connectivity index (χ1v) is 7.59. The van der Waals surface area contributed by atoms with E-state index in [1.807, 2.05) is 4.90 Å². The van der Waals surface area contributed by atoms with Crippen LogP contribution in [0.15, 0.2) is 23.0 Å². The van der Waals surface area contributed by atoms with Gasteiger partial charge in [0, 0.05) is 31.4 Å². The molecule has 0 saturated carbocycles. The van der Waals surface area contributed by atoms with E-state index in [1.54, 1.807) is 19.2 Å². The summed E-state index contributed by atoms with van der Waals surface area (Å²) in [6.07, 6.45) is 2.84. The average Bonchev–Trinajstić information content (AvgIpc) is 3.00. The second-order valence-electron chi connectivity index (χ2n) is 5.66. The highest BCUT2D eigenvalue weighted by molar-refractivity contribution is 5.94. The number of methoxy groups -OCH3 is 1. The Morgan fingerprint density at radius 2 is 2.33 bits per heavy atom. The second-order valence-corrected chi connectivity index (χ2v) is 5.66. The third-order valence-corrected chi connectivity index (χ3v) is 3.87. The van der Waals surface area contributed by atoms with Crippen molar-refractivity contribution in [2.45, 2.75) is 25.5 Å². The molecule has 1 fully saturated rings. The first kappa shape index (κ1) is 16.2. The van der Waals surface area contributed by atoms with Gasteiger partial charge in [-0.15, -0.1) is 0 Å². The molecule has 1 aliphatic rings. The van der Waals surface area contributed by atoms with Gasteiger partial charge in [-0.25, -0.2) is 4.98 Å². The van der Waals surface area contributed by atoms with E-state index in [1.165, 1.54) is 13.3 Å². The summed E-state index contributed by atoms with van der Waals surface area (Å²) in [4.78, 5) is 22.6. The highest BCUT2D eigenvalue weighted by Gasteiger charge is 2.29. The van der Waals surface area contributed by atoms with Crippen LogP contribution < -0.4 is 15.0 Å². The van der Waals surface area contributed by atoms with E-state index in [0.717, 1.165) is 0 Å². The number of aliphatic hydroxyl groups excluding tert-OH is 1. The Kier molecular flexibility index (Phi) is 4.61. The number of piperidine rings is 1. The first-order valence-electron chi connectivity index (χ1n) is 7.59. The number of carbonyl (C=O) groups excluding carboxylic acids is 1. The minimum atomic E-state index is -0.595. The van der Waals surface area contributed by atoms with Gasteiger partial charge in [-0.1, -0.05) is 5.16 Å². The van der Waals surface area contributed by atoms with Gasteiger partial charge in [0.15, 0.2) is 0 Å². The number of carbonyl (C=O) groups is 1. The fourth-order valence-electron chi connectivity index (χ4n) is 2.72. The zero-order valence-corrected chi connectivity index (χ0v) is 13.5. The Morgan fingerprint density at radius 3 is 3.04 bits per heavy atom. The van der Waals surface area contributed by atoms with Gasteiger partial charge in [-0.05, 0) is 13.3 Å². The highest BCUT2D eigenvalue weighted by atomic mass is 16.5. The largest absolute Gasteiger partial charge is 0.481 e. The molecule has 1 amide bonds. The molecule has 2 aromatic rings. The lowest BCUT2D eigenvalue weighted by molar-refractivity contribution is 0.0892. The summed E-state index contributed by atoms with van der Waals surface area (Å²) in [5, 5.41) is 16.6. The molecule has 3 rings (SSSR count). The topological polar surface area (TPSA) is 114 Å². The smallest absolute Gasteiger partial charge is 0.256 e. The zero-order chi connectivity index (χ0) is 17.1. The normalized spacial score (nSPS) is 20.7. The van der Waals surface area contributed by atoms with E-state index in [0.29, 0.717) is 42.7 Å². The number of ether oxygens (including phenoxy) is 1. The molecule has 0 unspecified atom stereocenters. The van der Waals surface area contributed by atoms with Crippen molar-refractivity contribution in [2.24, 2.45) is 0 Å². The molecule has 1 aliphatic heterocycles. The van der Waals surface area contributed by atoms with Crippen LogP contribution in [0.5, 0.6) is 5.88 Å². The molecular weight excluding hydrogens is 314 g/mol. The maximum absolute atomic E-state index is 12.3. The SMILES string of the molecule is COc1ccnc(N2C[C@H](O)C[C@H](NC(=O)c3cnoc3C)C2)n1. The van der Waals surface area contributed by atoms with Crippen molar-refractivity contribution in [2.75, 3.05) is 25.1 Å². The fourth-order valence-corrected chi connectivity index (χ4v) is 2.72. The van der Waals surface area contributed by atoms with Crippen molar-refractivity contribution in [3.63, 3.8) is 0 Å². The number of hydrogen-bond acceptors (Lipinski definition) is 8. The monoisotopic (exact) mass is 333 g/mol. The van der Waals surface area contributed by atoms with Gasteiger partial charge in [0.1, 0.15) is 11.3 Å². The summed E-state index contributed by atoms with van der Waals surface area (Å²) in [5.74, 6) is 1.07. The van der Waals surface area contributed by atoms with Crippen LogP contribution in [0, 0.1) is 6.92 Å². The highest BCUT2D eigenvalue weighted by Crippen LogP contribution is 2.19. The van der Waals surface area contributed by atoms with Gasteiger partial charge in [-0.3, -0.25) is 4.79 Å². The molecule has 9 nitrogen and oxygen atoms in total. The van der Waals surface area contributed by atoms with Gasteiger partial charge in [-0.2, -0.15) is 4.98 Å². The number of amides is 1. The number of anilines is 1. The number of aliphatic hydroxyl groups is 1. The van der Waals surface area contributed by atoms with Crippen LogP contribution in [0.4, 0.5) is 5.95 Å². The molecule has 2 N–H and O–H groups in total. The molecule has 3 heterocycles. The standard InChI is InChI=1S/C15H19N5O4/c1-9-12(6-17-24-9)14(22)18-10-5-11(21)8-20(7-10)15-16-4-3-13(19-15)23-2/h3-4,6,10-11,21H,5,7-8H2,1-2H3,(H,18,22)/t10-,11+/m0/s1. The van der Waals surface area contributed by atoms with Crippen LogP contribution in [-0.2, 0) is 0 Å². The van der Waals surface area contributed by atoms with E-state index in [9.17, 15) is 9.90 Å². The number of nitrogens with zero attached hydrogens (tertiary/aromatic N) is 4. The van der Waals surface area contributed by atoms with Crippen LogP contribution >= 0.6 is 0 Å². The van der Waals surface area contributed by atoms with Crippen LogP contribution in [0.25, 0.3) is 0 Å². The molecular formula is C15H19N5O4. The van der Waals surface area contributed by atoms with E-state index >= 15 is 0 Å². The number of hydrogen-bond donors (Lipinski definition) is 2. The van der Waals surface area contributed by atoms with E-state index < -0.39 is 6.10 Å². The predicted molar refractivity (Wildman–Crippen MR) is 83.9 cm³/mol. The van der Waals surface area contributed by atoms with Crippen molar-refractivity contribution < 1.29 is 19.2 Å². The summed E-state index contributed by atoms with van der Waals surface area (Å²) in [6, 6.07) is 1.41. The minimum Gasteiger partial charge on any atom is -0.481 e. The summed E-state index contributed by atoms with van der Waals surface area (Å²) in [5.41, 5.74) is 0.388. The van der Waals surface area contributed by atoms with Crippen LogP contribution in [0.1, 0.15) is 22.5 Å². The maximum Gasteiger partial charge on any atom is 0.256 e. The van der Waals surface area contributed by atoms with Crippen molar-refractivity contribution >= 4 is 11.9 Å². The lowest BCUT2D eigenvalue weighted by atomic mass is 10.0. The molecule has 2 atom stereocenters. The molecule has 0 bridgehead atoms. The quantitative estimate of drug-likeness (QED) is 0.813. The predicted octanol–water partition coefficient (Wildman–Crippen LogP) is 0.151. The number of β-amino-alcohol motifs (C(OH)–C–C–N with tert-alkyl or cyclic N) is 1. The molecule has 1 saturated heterocycles. The lowest BCUT2D eigenvalue weighted by Crippen LogP contribution is -2.53. The lowest BCUT2D eigenvalue weighted by Gasteiger charge is -2.35. The summed E-state index contributed by atoms with van der Waals surface area (Å²) >= 11 is 0. The Labute approximate surface area is 138 Å². The number of aryl methyl sites for hydroxylation is 1. The van der Waals surface area contributed by atoms with Gasteiger partial charge in [0.25, 0.3) is 5.91 Å². The van der Waals surface area contributed by atoms with Gasteiger partial charge in [0.2, 0.25) is 11.8 Å². The molecule has 0 aromatic carbocycles. The molecule has 0 spiro atoms. The van der Waals surface area contributed by atoms with E-state index in [2.05, 4.69) is 20.4 Å². The average molecular weight is 333 g/mol. The summed E-state index contributed by atoms with van der Waals surface area (Å²) in [7, 11) is 1.53. The van der Waals surface area contributed by atoms with Crippen molar-refractivity contribution in [3.8, 4) is 5.88 Å². The molecule has 128 valence electrons. The Morgan fingerprint density at radius 1 is 1.50 bits per heavy atom. The number of nitrogens with one attached hydrogen (secondary N) is 1. The fraction of sp³-hybridized carbons (Fsp3) is 0.467. The number of rotatable bonds is 4. The second kappa shape index (κ2) is 6.83. The molecule has 9 heteroatoms. The third-order valence-electron chi connectivity index (χ3n) is 3.87. The molecule has 0 radical (unpaired) electrons.